The molecule has 5 nitrogen and oxygen atoms in total. The molecule has 0 saturated carbocycles. The molecule has 1 atom stereocenters. The van der Waals surface area contributed by atoms with E-state index in [1.807, 2.05) is 13.8 Å². The Labute approximate surface area is 99.9 Å². The molecule has 0 radical (unpaired) electrons. The molecule has 0 aromatic heterocycles. The van der Waals surface area contributed by atoms with Crippen LogP contribution in [0.3, 0.4) is 0 Å². The number of carboxylic acids is 1. The van der Waals surface area contributed by atoms with Gasteiger partial charge in [-0.3, -0.25) is 0 Å². The topological polar surface area (TPSA) is 78.4 Å². The van der Waals surface area contributed by atoms with Crippen molar-refractivity contribution in [2.45, 2.75) is 26.3 Å². The maximum Gasteiger partial charge on any atom is 0.326 e. The monoisotopic (exact) mass is 248 g/mol. The Morgan fingerprint density at radius 3 is 2.38 bits per heavy atom. The minimum absolute atomic E-state index is 0.113. The zero-order valence-electron chi connectivity index (χ0n) is 9.42. The molecule has 3 N–H and O–H groups in total. The van der Waals surface area contributed by atoms with Crippen molar-refractivity contribution in [2.75, 3.05) is 6.54 Å². The van der Waals surface area contributed by atoms with E-state index >= 15 is 0 Å². The van der Waals surface area contributed by atoms with Crippen LogP contribution in [0.15, 0.2) is 11.6 Å². The third-order valence-corrected chi connectivity index (χ3v) is 1.88. The van der Waals surface area contributed by atoms with E-state index in [-0.39, 0.29) is 17.5 Å². The Bertz CT molecular complexity index is 279. The van der Waals surface area contributed by atoms with Crippen LogP contribution >= 0.6 is 11.6 Å². The second kappa shape index (κ2) is 7.11. The second-order valence-corrected chi connectivity index (χ2v) is 4.40. The highest BCUT2D eigenvalue weighted by atomic mass is 35.5. The predicted molar refractivity (Wildman–Crippen MR) is 62.4 cm³/mol. The van der Waals surface area contributed by atoms with Crippen LogP contribution in [-0.4, -0.2) is 29.7 Å². The standard InChI is InChI=1S/C10H17ClN2O3/c1-6(2)4-8(9(14)15)13-10(16)12-5-7(3)11/h6,8H,3-5H2,1-2H3,(H,14,15)(H2,12,13,16)/t8-/m1/s1. The van der Waals surface area contributed by atoms with E-state index in [0.717, 1.165) is 0 Å². The van der Waals surface area contributed by atoms with E-state index in [4.69, 9.17) is 16.7 Å². The van der Waals surface area contributed by atoms with Crippen LogP contribution in [0, 0.1) is 5.92 Å². The molecule has 0 aliphatic carbocycles. The number of rotatable bonds is 6. The Morgan fingerprint density at radius 1 is 1.44 bits per heavy atom. The fourth-order valence-electron chi connectivity index (χ4n) is 1.08. The number of carbonyl (C=O) groups excluding carboxylic acids is 1. The van der Waals surface area contributed by atoms with Crippen molar-refractivity contribution < 1.29 is 14.7 Å². The van der Waals surface area contributed by atoms with Gasteiger partial charge in [0.1, 0.15) is 6.04 Å². The van der Waals surface area contributed by atoms with E-state index in [1.54, 1.807) is 0 Å². The smallest absolute Gasteiger partial charge is 0.326 e. The number of hydrogen-bond acceptors (Lipinski definition) is 2. The van der Waals surface area contributed by atoms with Crippen LogP contribution < -0.4 is 10.6 Å². The van der Waals surface area contributed by atoms with E-state index in [9.17, 15) is 9.59 Å². The van der Waals surface area contributed by atoms with E-state index in [2.05, 4.69) is 17.2 Å². The fraction of sp³-hybridized carbons (Fsp3) is 0.600. The van der Waals surface area contributed by atoms with Gasteiger partial charge in [-0.25, -0.2) is 9.59 Å². The highest BCUT2D eigenvalue weighted by Gasteiger charge is 2.20. The summed E-state index contributed by atoms with van der Waals surface area (Å²) in [7, 11) is 0. The maximum atomic E-state index is 11.3. The van der Waals surface area contributed by atoms with Gasteiger partial charge in [0, 0.05) is 5.03 Å². The molecule has 0 rings (SSSR count). The van der Waals surface area contributed by atoms with Gasteiger partial charge >= 0.3 is 12.0 Å². The van der Waals surface area contributed by atoms with Crippen LogP contribution in [0.25, 0.3) is 0 Å². The van der Waals surface area contributed by atoms with Crippen molar-refractivity contribution in [3.8, 4) is 0 Å². The number of halogens is 1. The lowest BCUT2D eigenvalue weighted by molar-refractivity contribution is -0.139. The number of nitrogens with one attached hydrogen (secondary N) is 2. The Hall–Kier alpha value is -1.23. The van der Waals surface area contributed by atoms with Gasteiger partial charge < -0.3 is 15.7 Å². The quantitative estimate of drug-likeness (QED) is 0.667. The number of amides is 2. The second-order valence-electron chi connectivity index (χ2n) is 3.86. The highest BCUT2D eigenvalue weighted by Crippen LogP contribution is 2.04. The predicted octanol–water partition coefficient (Wildman–Crippen LogP) is 1.54. The lowest BCUT2D eigenvalue weighted by Crippen LogP contribution is -2.46. The summed E-state index contributed by atoms with van der Waals surface area (Å²) in [5.74, 6) is -0.863. The van der Waals surface area contributed by atoms with Gasteiger partial charge in [0.15, 0.2) is 0 Å². The molecular formula is C10H17ClN2O3. The molecule has 0 unspecified atom stereocenters. The zero-order chi connectivity index (χ0) is 12.7. The number of hydrogen-bond donors (Lipinski definition) is 3. The van der Waals surface area contributed by atoms with Crippen LogP contribution in [0.1, 0.15) is 20.3 Å². The number of carbonyl (C=O) groups is 2. The first-order valence-corrected chi connectivity index (χ1v) is 5.31. The molecule has 16 heavy (non-hydrogen) atoms. The summed E-state index contributed by atoms with van der Waals surface area (Å²) in [4.78, 5) is 22.1. The average molecular weight is 249 g/mol. The van der Waals surface area contributed by atoms with Crippen molar-refractivity contribution in [1.82, 2.24) is 10.6 Å². The Kier molecular flexibility index (Phi) is 6.56. The van der Waals surface area contributed by atoms with Crippen LogP contribution in [0.5, 0.6) is 0 Å². The summed E-state index contributed by atoms with van der Waals surface area (Å²) in [5.41, 5.74) is 0. The largest absolute Gasteiger partial charge is 0.480 e. The maximum absolute atomic E-state index is 11.3. The minimum atomic E-state index is -1.05. The van der Waals surface area contributed by atoms with Gasteiger partial charge in [-0.2, -0.15) is 0 Å². The molecule has 2 amide bonds. The first kappa shape index (κ1) is 14.8. The van der Waals surface area contributed by atoms with Crippen LogP contribution in [0.2, 0.25) is 0 Å². The SMILES string of the molecule is C=C(Cl)CNC(=O)N[C@H](CC(C)C)C(=O)O. The molecule has 0 heterocycles. The molecular weight excluding hydrogens is 232 g/mol. The molecule has 0 aromatic carbocycles. The van der Waals surface area contributed by atoms with E-state index < -0.39 is 18.0 Å². The van der Waals surface area contributed by atoms with Crippen molar-refractivity contribution in [3.63, 3.8) is 0 Å². The summed E-state index contributed by atoms with van der Waals surface area (Å²) in [6.07, 6.45) is 0.380. The van der Waals surface area contributed by atoms with Crippen molar-refractivity contribution >= 4 is 23.6 Å². The highest BCUT2D eigenvalue weighted by molar-refractivity contribution is 6.29. The molecule has 0 aliphatic rings. The van der Waals surface area contributed by atoms with Gasteiger partial charge in [0.05, 0.1) is 6.54 Å². The third kappa shape index (κ3) is 7.11. The number of aliphatic carboxylic acids is 1. The molecule has 92 valence electrons. The summed E-state index contributed by atoms with van der Waals surface area (Å²) < 4.78 is 0. The Morgan fingerprint density at radius 2 is 2.00 bits per heavy atom. The van der Waals surface area contributed by atoms with Gasteiger partial charge in [0.2, 0.25) is 0 Å². The van der Waals surface area contributed by atoms with Gasteiger partial charge in [0.25, 0.3) is 0 Å². The van der Waals surface area contributed by atoms with E-state index in [1.165, 1.54) is 0 Å². The summed E-state index contributed by atoms with van der Waals surface area (Å²) >= 11 is 5.45. The van der Waals surface area contributed by atoms with E-state index in [0.29, 0.717) is 6.42 Å². The normalized spacial score (nSPS) is 12.0. The number of carboxylic acid groups (broad SMARTS) is 1. The van der Waals surface area contributed by atoms with Crippen molar-refractivity contribution in [1.29, 1.82) is 0 Å². The summed E-state index contributed by atoms with van der Waals surface area (Å²) in [6.45, 7) is 7.28. The average Bonchev–Trinajstić information content (AvgIpc) is 2.12. The first-order valence-electron chi connectivity index (χ1n) is 4.93. The lowest BCUT2D eigenvalue weighted by atomic mass is 10.0. The summed E-state index contributed by atoms with van der Waals surface area (Å²) in [6, 6.07) is -1.45. The minimum Gasteiger partial charge on any atom is -0.480 e. The molecule has 0 saturated heterocycles. The van der Waals surface area contributed by atoms with Crippen molar-refractivity contribution in [3.05, 3.63) is 11.6 Å². The molecule has 6 heteroatoms. The fourth-order valence-corrected chi connectivity index (χ4v) is 1.15. The molecule has 0 fully saturated rings. The van der Waals surface area contributed by atoms with Gasteiger partial charge in [-0.15, -0.1) is 0 Å². The van der Waals surface area contributed by atoms with Crippen LogP contribution in [-0.2, 0) is 4.79 Å². The van der Waals surface area contributed by atoms with Crippen LogP contribution in [0.4, 0.5) is 4.79 Å². The molecule has 0 spiro atoms. The number of urea groups is 1. The zero-order valence-corrected chi connectivity index (χ0v) is 10.2. The molecule has 0 aromatic rings. The summed E-state index contributed by atoms with van der Waals surface area (Å²) in [5, 5.41) is 13.9. The molecule has 0 aliphatic heterocycles. The lowest BCUT2D eigenvalue weighted by Gasteiger charge is -2.16. The third-order valence-electron chi connectivity index (χ3n) is 1.75. The van der Waals surface area contributed by atoms with Gasteiger partial charge in [-0.05, 0) is 12.3 Å². The molecule has 0 bridgehead atoms. The van der Waals surface area contributed by atoms with Crippen molar-refractivity contribution in [2.24, 2.45) is 5.92 Å². The first-order chi connectivity index (χ1) is 7.32. The van der Waals surface area contributed by atoms with Gasteiger partial charge in [-0.1, -0.05) is 32.0 Å². The Balaban J connectivity index is 4.13.